The molecule has 0 saturated heterocycles. The summed E-state index contributed by atoms with van der Waals surface area (Å²) in [5, 5.41) is 0. The lowest BCUT2D eigenvalue weighted by Gasteiger charge is -2.09. The molecular weight excluding hydrogens is 154 g/mol. The van der Waals surface area contributed by atoms with Crippen molar-refractivity contribution in [3.63, 3.8) is 0 Å². The maximum atomic E-state index is 10.3. The largest absolute Gasteiger partial charge is 0.462 e. The van der Waals surface area contributed by atoms with Gasteiger partial charge in [-0.3, -0.25) is 4.79 Å². The van der Waals surface area contributed by atoms with Crippen molar-refractivity contribution in [2.45, 2.75) is 26.8 Å². The Morgan fingerprint density at radius 3 is 2.58 bits per heavy atom. The van der Waals surface area contributed by atoms with Crippen LogP contribution < -0.4 is 5.73 Å². The zero-order valence-corrected chi connectivity index (χ0v) is 7.91. The third-order valence-electron chi connectivity index (χ3n) is 1.51. The zero-order chi connectivity index (χ0) is 9.56. The van der Waals surface area contributed by atoms with Gasteiger partial charge in [0.1, 0.15) is 6.61 Å². The van der Waals surface area contributed by atoms with Crippen LogP contribution in [0.4, 0.5) is 0 Å². The summed E-state index contributed by atoms with van der Waals surface area (Å²) >= 11 is 0. The minimum atomic E-state index is -0.266. The summed E-state index contributed by atoms with van der Waals surface area (Å²) in [6.45, 7) is 5.79. The van der Waals surface area contributed by atoms with Gasteiger partial charge >= 0.3 is 5.97 Å². The summed E-state index contributed by atoms with van der Waals surface area (Å²) in [7, 11) is 0. The second-order valence-electron chi connectivity index (χ2n) is 3.05. The summed E-state index contributed by atoms with van der Waals surface area (Å²) in [6.07, 6.45) is 3.62. The number of carbonyl (C=O) groups is 1. The third-order valence-corrected chi connectivity index (χ3v) is 1.51. The smallest absolute Gasteiger partial charge is 0.302 e. The topological polar surface area (TPSA) is 52.3 Å². The highest BCUT2D eigenvalue weighted by Crippen LogP contribution is 1.98. The molecule has 0 aromatic carbocycles. The van der Waals surface area contributed by atoms with Gasteiger partial charge in [0.15, 0.2) is 0 Å². The fraction of sp³-hybridized carbons (Fsp3) is 0.667. The lowest BCUT2D eigenvalue weighted by molar-refractivity contribution is -0.139. The van der Waals surface area contributed by atoms with Crippen molar-refractivity contribution in [1.82, 2.24) is 0 Å². The van der Waals surface area contributed by atoms with E-state index in [1.165, 1.54) is 6.92 Å². The number of nitrogens with two attached hydrogens (primary N) is 1. The number of carbonyl (C=O) groups excluding carboxylic acids is 1. The van der Waals surface area contributed by atoms with Crippen LogP contribution in [-0.2, 0) is 9.53 Å². The monoisotopic (exact) mass is 171 g/mol. The van der Waals surface area contributed by atoms with E-state index in [0.717, 1.165) is 0 Å². The lowest BCUT2D eigenvalue weighted by atomic mass is 10.1. The van der Waals surface area contributed by atoms with Gasteiger partial charge < -0.3 is 10.5 Å². The summed E-state index contributed by atoms with van der Waals surface area (Å²) in [4.78, 5) is 10.3. The molecule has 0 radical (unpaired) electrons. The molecule has 0 aliphatic heterocycles. The Morgan fingerprint density at radius 2 is 2.17 bits per heavy atom. The summed E-state index contributed by atoms with van der Waals surface area (Å²) in [5.74, 6) is 0.149. The van der Waals surface area contributed by atoms with Crippen molar-refractivity contribution >= 4 is 5.97 Å². The predicted octanol–water partition coefficient (Wildman–Crippen LogP) is 1.09. The number of esters is 1. The quantitative estimate of drug-likeness (QED) is 0.509. The number of ether oxygens (including phenoxy) is 1. The SMILES string of the molecule is CC(=O)OC/C=C/[C@@H](N)C(C)C. The first-order valence-electron chi connectivity index (χ1n) is 4.09. The Kier molecular flexibility index (Phi) is 5.37. The van der Waals surface area contributed by atoms with Crippen molar-refractivity contribution in [2.24, 2.45) is 11.7 Å². The molecule has 0 aliphatic carbocycles. The molecule has 3 heteroatoms. The van der Waals surface area contributed by atoms with Crippen LogP contribution in [0.2, 0.25) is 0 Å². The molecule has 0 aliphatic rings. The standard InChI is InChI=1S/C9H17NO2/c1-7(2)9(10)5-4-6-12-8(3)11/h4-5,7,9H,6,10H2,1-3H3/b5-4+/t9-/m1/s1. The molecule has 0 fully saturated rings. The molecular formula is C9H17NO2. The molecule has 3 nitrogen and oxygen atoms in total. The van der Waals surface area contributed by atoms with Crippen LogP contribution in [0.3, 0.4) is 0 Å². The van der Waals surface area contributed by atoms with Crippen LogP contribution in [0.5, 0.6) is 0 Å². The molecule has 0 rings (SSSR count). The maximum absolute atomic E-state index is 10.3. The molecule has 0 aromatic rings. The highest BCUT2D eigenvalue weighted by atomic mass is 16.5. The van der Waals surface area contributed by atoms with Crippen molar-refractivity contribution < 1.29 is 9.53 Å². The van der Waals surface area contributed by atoms with Gasteiger partial charge in [-0.15, -0.1) is 0 Å². The Hall–Kier alpha value is -0.830. The van der Waals surface area contributed by atoms with Gasteiger partial charge in [0.25, 0.3) is 0 Å². The second-order valence-corrected chi connectivity index (χ2v) is 3.05. The Balaban J connectivity index is 3.55. The summed E-state index contributed by atoms with van der Waals surface area (Å²) in [5.41, 5.74) is 5.71. The minimum Gasteiger partial charge on any atom is -0.462 e. The van der Waals surface area contributed by atoms with Gasteiger partial charge in [0.05, 0.1) is 0 Å². The molecule has 0 saturated carbocycles. The number of hydrogen-bond acceptors (Lipinski definition) is 3. The molecule has 0 aromatic heterocycles. The molecule has 0 heterocycles. The van der Waals surface area contributed by atoms with Crippen LogP contribution in [0.15, 0.2) is 12.2 Å². The van der Waals surface area contributed by atoms with E-state index in [1.807, 2.05) is 19.9 Å². The van der Waals surface area contributed by atoms with Gasteiger partial charge in [-0.2, -0.15) is 0 Å². The second kappa shape index (κ2) is 5.77. The molecule has 0 spiro atoms. The van der Waals surface area contributed by atoms with Gasteiger partial charge in [-0.05, 0) is 12.0 Å². The van der Waals surface area contributed by atoms with E-state index in [0.29, 0.717) is 12.5 Å². The van der Waals surface area contributed by atoms with E-state index < -0.39 is 0 Å². The van der Waals surface area contributed by atoms with Gasteiger partial charge in [0, 0.05) is 13.0 Å². The van der Waals surface area contributed by atoms with Crippen molar-refractivity contribution in [3.8, 4) is 0 Å². The molecule has 0 unspecified atom stereocenters. The summed E-state index contributed by atoms with van der Waals surface area (Å²) < 4.78 is 4.69. The Morgan fingerprint density at radius 1 is 1.58 bits per heavy atom. The van der Waals surface area contributed by atoms with E-state index in [2.05, 4.69) is 0 Å². The van der Waals surface area contributed by atoms with Gasteiger partial charge in [-0.25, -0.2) is 0 Å². The summed E-state index contributed by atoms with van der Waals surface area (Å²) in [6, 6.07) is 0.0422. The van der Waals surface area contributed by atoms with Crippen LogP contribution >= 0.6 is 0 Å². The third kappa shape index (κ3) is 5.92. The van der Waals surface area contributed by atoms with E-state index >= 15 is 0 Å². The Bertz CT molecular complexity index is 164. The van der Waals surface area contributed by atoms with Crippen molar-refractivity contribution in [2.75, 3.05) is 6.61 Å². The molecule has 2 N–H and O–H groups in total. The van der Waals surface area contributed by atoms with Gasteiger partial charge in [0.2, 0.25) is 0 Å². The number of rotatable bonds is 4. The average Bonchev–Trinajstić information content (AvgIpc) is 1.97. The molecule has 12 heavy (non-hydrogen) atoms. The number of hydrogen-bond donors (Lipinski definition) is 1. The normalized spacial score (nSPS) is 13.8. The van der Waals surface area contributed by atoms with E-state index in [9.17, 15) is 4.79 Å². The van der Waals surface area contributed by atoms with Crippen LogP contribution in [0.25, 0.3) is 0 Å². The van der Waals surface area contributed by atoms with Crippen LogP contribution in [-0.4, -0.2) is 18.6 Å². The van der Waals surface area contributed by atoms with E-state index in [-0.39, 0.29) is 12.0 Å². The molecule has 0 bridgehead atoms. The Labute approximate surface area is 73.6 Å². The van der Waals surface area contributed by atoms with E-state index in [1.54, 1.807) is 6.08 Å². The molecule has 70 valence electrons. The fourth-order valence-electron chi connectivity index (χ4n) is 0.600. The van der Waals surface area contributed by atoms with Gasteiger partial charge in [-0.1, -0.05) is 19.9 Å². The fourth-order valence-corrected chi connectivity index (χ4v) is 0.600. The molecule has 0 amide bonds. The minimum absolute atomic E-state index is 0.0422. The molecule has 1 atom stereocenters. The van der Waals surface area contributed by atoms with Crippen molar-refractivity contribution in [1.29, 1.82) is 0 Å². The lowest BCUT2D eigenvalue weighted by Crippen LogP contribution is -2.23. The average molecular weight is 171 g/mol. The van der Waals surface area contributed by atoms with Crippen LogP contribution in [0, 0.1) is 5.92 Å². The first kappa shape index (κ1) is 11.2. The highest BCUT2D eigenvalue weighted by molar-refractivity contribution is 5.65. The first-order chi connectivity index (χ1) is 5.54. The van der Waals surface area contributed by atoms with E-state index in [4.69, 9.17) is 10.5 Å². The maximum Gasteiger partial charge on any atom is 0.302 e. The zero-order valence-electron chi connectivity index (χ0n) is 7.91. The first-order valence-corrected chi connectivity index (χ1v) is 4.09. The van der Waals surface area contributed by atoms with Crippen molar-refractivity contribution in [3.05, 3.63) is 12.2 Å². The highest BCUT2D eigenvalue weighted by Gasteiger charge is 2.01. The predicted molar refractivity (Wildman–Crippen MR) is 48.6 cm³/mol. The van der Waals surface area contributed by atoms with Crippen LogP contribution in [0.1, 0.15) is 20.8 Å².